The lowest BCUT2D eigenvalue weighted by Crippen LogP contribution is -2.30. The summed E-state index contributed by atoms with van der Waals surface area (Å²) in [5, 5.41) is 13.9. The molecule has 0 atom stereocenters. The van der Waals surface area contributed by atoms with Gasteiger partial charge in [-0.05, 0) is 61.2 Å². The number of hydrogen-bond acceptors (Lipinski definition) is 5. The summed E-state index contributed by atoms with van der Waals surface area (Å²) >= 11 is 3.31. The fraction of sp³-hybridized carbons (Fsp3) is 0.615. The van der Waals surface area contributed by atoms with Crippen LogP contribution in [-0.4, -0.2) is 41.5 Å². The van der Waals surface area contributed by atoms with Crippen LogP contribution in [0.1, 0.15) is 19.3 Å². The molecule has 7 heteroatoms. The highest BCUT2D eigenvalue weighted by molar-refractivity contribution is 9.10. The summed E-state index contributed by atoms with van der Waals surface area (Å²) in [6, 6.07) is 1.48. The molecule has 1 aliphatic heterocycles. The molecule has 6 nitrogen and oxygen atoms in total. The maximum absolute atomic E-state index is 10.6. The molecule has 2 heterocycles. The Morgan fingerprint density at radius 2 is 2.25 bits per heavy atom. The number of halogens is 1. The normalized spacial score (nSPS) is 17.1. The lowest BCUT2D eigenvalue weighted by molar-refractivity contribution is -0.385. The number of likely N-dealkylation sites (tertiary alicyclic amines) is 1. The second-order valence-electron chi connectivity index (χ2n) is 5.24. The Kier molecular flexibility index (Phi) is 5.31. The van der Waals surface area contributed by atoms with E-state index in [0.29, 0.717) is 10.3 Å². The van der Waals surface area contributed by atoms with Crippen LogP contribution in [-0.2, 0) is 0 Å². The minimum atomic E-state index is -0.444. The van der Waals surface area contributed by atoms with Crippen molar-refractivity contribution in [3.05, 3.63) is 26.9 Å². The van der Waals surface area contributed by atoms with E-state index in [9.17, 15) is 10.1 Å². The minimum absolute atomic E-state index is 0.00209. The molecule has 0 radical (unpaired) electrons. The van der Waals surface area contributed by atoms with E-state index >= 15 is 0 Å². The first kappa shape index (κ1) is 15.2. The van der Waals surface area contributed by atoms with Crippen LogP contribution in [0.3, 0.4) is 0 Å². The molecule has 1 saturated heterocycles. The van der Waals surface area contributed by atoms with Gasteiger partial charge in [0.25, 0.3) is 5.69 Å². The summed E-state index contributed by atoms with van der Waals surface area (Å²) < 4.78 is 0.634. The predicted octanol–water partition coefficient (Wildman–Crippen LogP) is 2.90. The maximum Gasteiger partial charge on any atom is 0.288 e. The molecule has 0 aliphatic carbocycles. The molecule has 20 heavy (non-hydrogen) atoms. The molecule has 0 saturated carbocycles. The molecule has 1 aromatic rings. The summed E-state index contributed by atoms with van der Waals surface area (Å²) in [5.41, 5.74) is -0.00209. The Morgan fingerprint density at radius 3 is 2.85 bits per heavy atom. The predicted molar refractivity (Wildman–Crippen MR) is 81.9 cm³/mol. The summed E-state index contributed by atoms with van der Waals surface area (Å²) in [4.78, 5) is 16.6. The topological polar surface area (TPSA) is 71.3 Å². The summed E-state index contributed by atoms with van der Waals surface area (Å²) in [7, 11) is 2.16. The van der Waals surface area contributed by atoms with Gasteiger partial charge in [0.2, 0.25) is 0 Å². The average molecular weight is 343 g/mol. The SMILES string of the molecule is CN1CCC(CCNc2ncc([N+](=O)[O-])cc2Br)CC1. The highest BCUT2D eigenvalue weighted by atomic mass is 79.9. The first-order chi connectivity index (χ1) is 9.56. The number of rotatable bonds is 5. The molecule has 0 bridgehead atoms. The van der Waals surface area contributed by atoms with Crippen LogP contribution in [0.15, 0.2) is 16.7 Å². The Bertz CT molecular complexity index is 475. The van der Waals surface area contributed by atoms with Gasteiger partial charge in [-0.15, -0.1) is 0 Å². The van der Waals surface area contributed by atoms with Gasteiger partial charge in [-0.3, -0.25) is 10.1 Å². The van der Waals surface area contributed by atoms with Crippen molar-refractivity contribution in [3.8, 4) is 0 Å². The van der Waals surface area contributed by atoms with Crippen LogP contribution in [0.5, 0.6) is 0 Å². The molecule has 1 aliphatic rings. The van der Waals surface area contributed by atoms with Crippen molar-refractivity contribution in [2.45, 2.75) is 19.3 Å². The Labute approximate surface area is 126 Å². The van der Waals surface area contributed by atoms with E-state index < -0.39 is 4.92 Å². The largest absolute Gasteiger partial charge is 0.369 e. The first-order valence-electron chi connectivity index (χ1n) is 6.78. The van der Waals surface area contributed by atoms with Crippen LogP contribution >= 0.6 is 15.9 Å². The molecule has 0 aromatic carbocycles. The number of piperidine rings is 1. The summed E-state index contributed by atoms with van der Waals surface area (Å²) in [5.74, 6) is 1.43. The maximum atomic E-state index is 10.6. The number of pyridine rings is 1. The number of anilines is 1. The van der Waals surface area contributed by atoms with Gasteiger partial charge in [0.15, 0.2) is 0 Å². The second-order valence-corrected chi connectivity index (χ2v) is 6.10. The molecule has 2 rings (SSSR count). The highest BCUT2D eigenvalue weighted by Crippen LogP contribution is 2.25. The Balaban J connectivity index is 1.81. The zero-order chi connectivity index (χ0) is 14.5. The molecule has 0 unspecified atom stereocenters. The number of hydrogen-bond donors (Lipinski definition) is 1. The second kappa shape index (κ2) is 6.99. The third-order valence-electron chi connectivity index (χ3n) is 3.72. The summed E-state index contributed by atoms with van der Waals surface area (Å²) in [6.45, 7) is 3.19. The van der Waals surface area contributed by atoms with Gasteiger partial charge in [0.05, 0.1) is 9.40 Å². The smallest absolute Gasteiger partial charge is 0.288 e. The van der Waals surface area contributed by atoms with Gasteiger partial charge in [-0.25, -0.2) is 4.98 Å². The van der Waals surface area contributed by atoms with E-state index in [1.807, 2.05) is 0 Å². The molecule has 1 N–H and O–H groups in total. The van der Waals surface area contributed by atoms with Crippen molar-refractivity contribution in [1.82, 2.24) is 9.88 Å². The molecule has 0 amide bonds. The van der Waals surface area contributed by atoms with E-state index in [-0.39, 0.29) is 5.69 Å². The average Bonchev–Trinajstić information content (AvgIpc) is 2.42. The van der Waals surface area contributed by atoms with Gasteiger partial charge in [0, 0.05) is 12.6 Å². The molecular formula is C13H19BrN4O2. The molecule has 1 aromatic heterocycles. The molecule has 110 valence electrons. The fourth-order valence-electron chi connectivity index (χ4n) is 2.40. The number of nitrogens with one attached hydrogen (secondary N) is 1. The van der Waals surface area contributed by atoms with Gasteiger partial charge in [0.1, 0.15) is 12.0 Å². The van der Waals surface area contributed by atoms with Crippen molar-refractivity contribution in [2.24, 2.45) is 5.92 Å². The van der Waals surface area contributed by atoms with Crippen LogP contribution in [0.4, 0.5) is 11.5 Å². The van der Waals surface area contributed by atoms with E-state index in [2.05, 4.69) is 38.2 Å². The highest BCUT2D eigenvalue weighted by Gasteiger charge is 2.16. The lowest BCUT2D eigenvalue weighted by Gasteiger charge is -2.28. The van der Waals surface area contributed by atoms with Gasteiger partial charge in [-0.2, -0.15) is 0 Å². The van der Waals surface area contributed by atoms with Crippen molar-refractivity contribution in [3.63, 3.8) is 0 Å². The Hall–Kier alpha value is -1.21. The Morgan fingerprint density at radius 1 is 1.55 bits per heavy atom. The van der Waals surface area contributed by atoms with Crippen molar-refractivity contribution >= 4 is 27.4 Å². The summed E-state index contributed by atoms with van der Waals surface area (Å²) in [6.07, 6.45) is 4.88. The van der Waals surface area contributed by atoms with Crippen molar-refractivity contribution in [2.75, 3.05) is 32.0 Å². The van der Waals surface area contributed by atoms with E-state index in [4.69, 9.17) is 0 Å². The quantitative estimate of drug-likeness (QED) is 0.657. The van der Waals surface area contributed by atoms with E-state index in [1.54, 1.807) is 0 Å². The third kappa shape index (κ3) is 4.14. The molecule has 0 spiro atoms. The molecular weight excluding hydrogens is 324 g/mol. The van der Waals surface area contributed by atoms with Crippen LogP contribution in [0, 0.1) is 16.0 Å². The van der Waals surface area contributed by atoms with Gasteiger partial charge < -0.3 is 10.2 Å². The van der Waals surface area contributed by atoms with Crippen LogP contribution in [0.2, 0.25) is 0 Å². The standard InChI is InChI=1S/C13H19BrN4O2/c1-17-6-3-10(4-7-17)2-5-15-13-12(14)8-11(9-16-13)18(19)20/h8-10H,2-7H2,1H3,(H,15,16). The fourth-order valence-corrected chi connectivity index (χ4v) is 2.88. The number of nitrogens with zero attached hydrogens (tertiary/aromatic N) is 3. The molecule has 1 fully saturated rings. The van der Waals surface area contributed by atoms with Gasteiger partial charge in [-0.1, -0.05) is 0 Å². The third-order valence-corrected chi connectivity index (χ3v) is 4.33. The van der Waals surface area contributed by atoms with Crippen LogP contribution in [0.25, 0.3) is 0 Å². The van der Waals surface area contributed by atoms with Crippen molar-refractivity contribution in [1.29, 1.82) is 0 Å². The van der Waals surface area contributed by atoms with Crippen LogP contribution < -0.4 is 5.32 Å². The van der Waals surface area contributed by atoms with Crippen molar-refractivity contribution < 1.29 is 4.92 Å². The number of nitro groups is 1. The zero-order valence-corrected chi connectivity index (χ0v) is 13.1. The monoisotopic (exact) mass is 342 g/mol. The minimum Gasteiger partial charge on any atom is -0.369 e. The zero-order valence-electron chi connectivity index (χ0n) is 11.5. The first-order valence-corrected chi connectivity index (χ1v) is 7.58. The lowest BCUT2D eigenvalue weighted by atomic mass is 9.94. The van der Waals surface area contributed by atoms with E-state index in [1.165, 1.54) is 38.2 Å². The van der Waals surface area contributed by atoms with Gasteiger partial charge >= 0.3 is 0 Å². The van der Waals surface area contributed by atoms with E-state index in [0.717, 1.165) is 18.9 Å². The number of aromatic nitrogens is 1.